The molecule has 2 N–H and O–H groups in total. The minimum absolute atomic E-state index is 0.356. The van der Waals surface area contributed by atoms with Gasteiger partial charge in [-0.3, -0.25) is 0 Å². The lowest BCUT2D eigenvalue weighted by Crippen LogP contribution is -2.57. The SMILES string of the molecule is C[C@H](NC(=S)NC[C@@H]1CCCO1)C12CC3CC(CC(C3)C1)C2. The summed E-state index contributed by atoms with van der Waals surface area (Å²) >= 11 is 5.54. The molecule has 4 heteroatoms. The predicted octanol–water partition coefficient (Wildman–Crippen LogP) is 3.23. The van der Waals surface area contributed by atoms with Crippen LogP contribution in [0.1, 0.15) is 58.3 Å². The molecule has 0 spiro atoms. The van der Waals surface area contributed by atoms with Crippen molar-refractivity contribution in [3.63, 3.8) is 0 Å². The first kappa shape index (κ1) is 15.2. The van der Waals surface area contributed by atoms with Crippen LogP contribution < -0.4 is 10.6 Å². The fourth-order valence-electron chi connectivity index (χ4n) is 6.12. The highest BCUT2D eigenvalue weighted by Gasteiger charge is 2.53. The smallest absolute Gasteiger partial charge is 0.166 e. The Morgan fingerprint density at radius 1 is 1.18 bits per heavy atom. The van der Waals surface area contributed by atoms with Gasteiger partial charge in [0.1, 0.15) is 0 Å². The molecular weight excluding hydrogens is 292 g/mol. The van der Waals surface area contributed by atoms with E-state index in [1.54, 1.807) is 0 Å². The fourth-order valence-corrected chi connectivity index (χ4v) is 6.38. The molecule has 2 atom stereocenters. The van der Waals surface area contributed by atoms with E-state index in [1.165, 1.54) is 51.4 Å². The maximum atomic E-state index is 5.66. The van der Waals surface area contributed by atoms with Crippen LogP contribution in [0.3, 0.4) is 0 Å². The molecule has 4 aliphatic carbocycles. The van der Waals surface area contributed by atoms with Crippen LogP contribution >= 0.6 is 12.2 Å². The van der Waals surface area contributed by atoms with Crippen LogP contribution in [0, 0.1) is 23.2 Å². The van der Waals surface area contributed by atoms with Crippen molar-refractivity contribution < 1.29 is 4.74 Å². The van der Waals surface area contributed by atoms with Gasteiger partial charge in [0, 0.05) is 19.2 Å². The average Bonchev–Trinajstić information content (AvgIpc) is 2.97. The number of rotatable bonds is 4. The summed E-state index contributed by atoms with van der Waals surface area (Å²) in [5.74, 6) is 3.01. The molecule has 5 fully saturated rings. The van der Waals surface area contributed by atoms with Gasteiger partial charge >= 0.3 is 0 Å². The Balaban J connectivity index is 1.31. The molecule has 4 saturated carbocycles. The van der Waals surface area contributed by atoms with Gasteiger partial charge in [0.15, 0.2) is 5.11 Å². The first-order valence-corrected chi connectivity index (χ1v) is 9.70. The molecule has 5 rings (SSSR count). The predicted molar refractivity (Wildman–Crippen MR) is 92.8 cm³/mol. The molecule has 0 aromatic heterocycles. The van der Waals surface area contributed by atoms with Crippen molar-refractivity contribution in [3.8, 4) is 0 Å². The Bertz CT molecular complexity index is 398. The molecule has 0 unspecified atom stereocenters. The van der Waals surface area contributed by atoms with E-state index in [9.17, 15) is 0 Å². The summed E-state index contributed by atoms with van der Waals surface area (Å²) in [7, 11) is 0. The van der Waals surface area contributed by atoms with E-state index < -0.39 is 0 Å². The first-order valence-electron chi connectivity index (χ1n) is 9.29. The first-order chi connectivity index (χ1) is 10.6. The molecule has 0 aromatic rings. The average molecular weight is 323 g/mol. The third-order valence-electron chi connectivity index (χ3n) is 6.87. The van der Waals surface area contributed by atoms with Crippen molar-refractivity contribution in [2.24, 2.45) is 23.2 Å². The fraction of sp³-hybridized carbons (Fsp3) is 0.944. The van der Waals surface area contributed by atoms with Gasteiger partial charge in [-0.1, -0.05) is 0 Å². The summed E-state index contributed by atoms with van der Waals surface area (Å²) in [5, 5.41) is 7.84. The van der Waals surface area contributed by atoms with Crippen LogP contribution in [0.25, 0.3) is 0 Å². The van der Waals surface area contributed by atoms with Crippen LogP contribution in [-0.2, 0) is 4.74 Å². The van der Waals surface area contributed by atoms with Crippen molar-refractivity contribution in [1.29, 1.82) is 0 Å². The Morgan fingerprint density at radius 2 is 1.82 bits per heavy atom. The van der Waals surface area contributed by atoms with Crippen molar-refractivity contribution in [2.45, 2.75) is 70.4 Å². The zero-order chi connectivity index (χ0) is 15.2. The summed E-state index contributed by atoms with van der Waals surface area (Å²) < 4.78 is 5.66. The van der Waals surface area contributed by atoms with Crippen molar-refractivity contribution in [1.82, 2.24) is 10.6 Å². The minimum atomic E-state index is 0.356. The molecule has 1 aliphatic heterocycles. The number of hydrogen-bond acceptors (Lipinski definition) is 2. The highest BCUT2D eigenvalue weighted by Crippen LogP contribution is 2.61. The summed E-state index contributed by atoms with van der Waals surface area (Å²) in [5.41, 5.74) is 0.518. The third kappa shape index (κ3) is 2.89. The monoisotopic (exact) mass is 322 g/mol. The second kappa shape index (κ2) is 5.94. The highest BCUT2D eigenvalue weighted by atomic mass is 32.1. The summed E-state index contributed by atoms with van der Waals surface area (Å²) in [6, 6.07) is 0.505. The van der Waals surface area contributed by atoms with Gasteiger partial charge in [0.2, 0.25) is 0 Å². The van der Waals surface area contributed by atoms with Gasteiger partial charge in [0.05, 0.1) is 6.10 Å². The number of thiocarbonyl (C=S) groups is 1. The number of hydrogen-bond donors (Lipinski definition) is 2. The van der Waals surface area contributed by atoms with Gasteiger partial charge in [-0.15, -0.1) is 0 Å². The van der Waals surface area contributed by atoms with Crippen LogP contribution in [0.5, 0.6) is 0 Å². The van der Waals surface area contributed by atoms with Gasteiger partial charge in [-0.25, -0.2) is 0 Å². The molecule has 5 aliphatic rings. The standard InChI is InChI=1S/C18H30N2OS/c1-12(20-17(22)19-11-16-3-2-4-21-16)18-8-13-5-14(9-18)7-15(6-13)10-18/h12-16H,2-11H2,1H3,(H2,19,20,22)/t12-,13?,14?,15?,16-,18?/m0/s1. The summed E-state index contributed by atoms with van der Waals surface area (Å²) in [6.45, 7) is 4.14. The molecule has 22 heavy (non-hydrogen) atoms. The molecule has 124 valence electrons. The lowest BCUT2D eigenvalue weighted by Gasteiger charge is -2.59. The van der Waals surface area contributed by atoms with E-state index in [1.807, 2.05) is 0 Å². The van der Waals surface area contributed by atoms with E-state index >= 15 is 0 Å². The topological polar surface area (TPSA) is 33.3 Å². The number of nitrogens with one attached hydrogen (secondary N) is 2. The van der Waals surface area contributed by atoms with E-state index in [0.29, 0.717) is 17.6 Å². The van der Waals surface area contributed by atoms with Gasteiger partial charge in [-0.2, -0.15) is 0 Å². The van der Waals surface area contributed by atoms with E-state index in [4.69, 9.17) is 17.0 Å². The van der Waals surface area contributed by atoms with Crippen molar-refractivity contribution >= 4 is 17.3 Å². The molecule has 0 radical (unpaired) electrons. The Kier molecular flexibility index (Phi) is 4.10. The van der Waals surface area contributed by atoms with Crippen LogP contribution in [-0.4, -0.2) is 30.4 Å². The molecule has 1 heterocycles. The normalized spacial score (nSPS) is 44.0. The zero-order valence-electron chi connectivity index (χ0n) is 13.8. The summed E-state index contributed by atoms with van der Waals surface area (Å²) in [4.78, 5) is 0. The molecular formula is C18H30N2OS. The molecule has 4 bridgehead atoms. The maximum absolute atomic E-state index is 5.66. The minimum Gasteiger partial charge on any atom is -0.376 e. The second-order valence-electron chi connectivity index (χ2n) is 8.49. The van der Waals surface area contributed by atoms with E-state index in [-0.39, 0.29) is 0 Å². The zero-order valence-corrected chi connectivity index (χ0v) is 14.6. The second-order valence-corrected chi connectivity index (χ2v) is 8.90. The van der Waals surface area contributed by atoms with E-state index in [2.05, 4.69) is 17.6 Å². The number of ether oxygens (including phenoxy) is 1. The quantitative estimate of drug-likeness (QED) is 0.779. The largest absolute Gasteiger partial charge is 0.376 e. The molecule has 1 saturated heterocycles. The summed E-state index contributed by atoms with van der Waals surface area (Å²) in [6.07, 6.45) is 11.5. The van der Waals surface area contributed by atoms with Crippen molar-refractivity contribution in [3.05, 3.63) is 0 Å². The Morgan fingerprint density at radius 3 is 2.36 bits per heavy atom. The molecule has 0 aromatic carbocycles. The lowest BCUT2D eigenvalue weighted by atomic mass is 9.48. The van der Waals surface area contributed by atoms with Gasteiger partial charge in [-0.05, 0) is 93.7 Å². The maximum Gasteiger partial charge on any atom is 0.166 e. The molecule has 3 nitrogen and oxygen atoms in total. The van der Waals surface area contributed by atoms with Gasteiger partial charge < -0.3 is 15.4 Å². The van der Waals surface area contributed by atoms with Crippen LogP contribution in [0.2, 0.25) is 0 Å². The van der Waals surface area contributed by atoms with E-state index in [0.717, 1.165) is 36.0 Å². The van der Waals surface area contributed by atoms with Gasteiger partial charge in [0.25, 0.3) is 0 Å². The third-order valence-corrected chi connectivity index (χ3v) is 7.13. The van der Waals surface area contributed by atoms with Crippen molar-refractivity contribution in [2.75, 3.05) is 13.2 Å². The highest BCUT2D eigenvalue weighted by molar-refractivity contribution is 7.80. The Hall–Kier alpha value is -0.350. The lowest BCUT2D eigenvalue weighted by molar-refractivity contribution is -0.0672. The Labute approximate surface area is 139 Å². The molecule has 0 amide bonds. The van der Waals surface area contributed by atoms with Crippen LogP contribution in [0.15, 0.2) is 0 Å². The van der Waals surface area contributed by atoms with Crippen LogP contribution in [0.4, 0.5) is 0 Å².